The highest BCUT2D eigenvalue weighted by Gasteiger charge is 2.32. The molecule has 0 unspecified atom stereocenters. The highest BCUT2D eigenvalue weighted by molar-refractivity contribution is 7.91. The summed E-state index contributed by atoms with van der Waals surface area (Å²) in [5.41, 5.74) is 2.89. The van der Waals surface area contributed by atoms with Crippen molar-refractivity contribution < 1.29 is 17.6 Å². The quantitative estimate of drug-likeness (QED) is 0.384. The Bertz CT molecular complexity index is 1410. The van der Waals surface area contributed by atoms with Gasteiger partial charge in [0.1, 0.15) is 5.75 Å². The molecule has 1 aliphatic rings. The highest BCUT2D eigenvalue weighted by Crippen LogP contribution is 2.35. The second kappa shape index (κ2) is 9.46. The zero-order valence-electron chi connectivity index (χ0n) is 19.7. The number of anilines is 2. The van der Waals surface area contributed by atoms with Gasteiger partial charge in [-0.15, -0.1) is 0 Å². The molecule has 0 atom stereocenters. The summed E-state index contributed by atoms with van der Waals surface area (Å²) in [6.07, 6.45) is 0. The van der Waals surface area contributed by atoms with Gasteiger partial charge in [0.25, 0.3) is 0 Å². The fourth-order valence-corrected chi connectivity index (χ4v) is 5.59. The van der Waals surface area contributed by atoms with E-state index in [9.17, 15) is 8.42 Å². The SMILES string of the molecule is COc1ccc(N2CCN(c3oc(-c4cccc(C)c4)nc3S(=O)(=O)c3ccccc3)CC2)cc1. The summed E-state index contributed by atoms with van der Waals surface area (Å²) in [6, 6.07) is 24.0. The standard InChI is InChI=1S/C27H27N3O4S/c1-20-7-6-8-21(19-20)25-28-26(35(31,32)24-9-4-3-5-10-24)27(34-25)30-17-15-29(16-18-30)22-11-13-23(33-2)14-12-22/h3-14,19H,15-18H2,1-2H3. The topological polar surface area (TPSA) is 75.9 Å². The number of aromatic nitrogens is 1. The van der Waals surface area contributed by atoms with Gasteiger partial charge in [0.2, 0.25) is 26.6 Å². The lowest BCUT2D eigenvalue weighted by Gasteiger charge is -2.36. The summed E-state index contributed by atoms with van der Waals surface area (Å²) in [6.45, 7) is 4.63. The monoisotopic (exact) mass is 489 g/mol. The summed E-state index contributed by atoms with van der Waals surface area (Å²) >= 11 is 0. The molecule has 1 aliphatic heterocycles. The molecule has 1 fully saturated rings. The van der Waals surface area contributed by atoms with E-state index < -0.39 is 9.84 Å². The first-order chi connectivity index (χ1) is 17.0. The van der Waals surface area contributed by atoms with Crippen LogP contribution in [0, 0.1) is 6.92 Å². The van der Waals surface area contributed by atoms with Crippen molar-refractivity contribution in [2.24, 2.45) is 0 Å². The summed E-state index contributed by atoms with van der Waals surface area (Å²) in [5.74, 6) is 1.41. The van der Waals surface area contributed by atoms with Crippen molar-refractivity contribution in [3.05, 3.63) is 84.4 Å². The second-order valence-electron chi connectivity index (χ2n) is 8.49. The van der Waals surface area contributed by atoms with Crippen LogP contribution in [-0.2, 0) is 9.84 Å². The molecule has 0 spiro atoms. The van der Waals surface area contributed by atoms with Gasteiger partial charge in [0, 0.05) is 37.4 Å². The van der Waals surface area contributed by atoms with Gasteiger partial charge in [-0.05, 0) is 55.5 Å². The van der Waals surface area contributed by atoms with E-state index in [0.717, 1.165) is 35.7 Å². The van der Waals surface area contributed by atoms with Gasteiger partial charge in [-0.3, -0.25) is 0 Å². The van der Waals surface area contributed by atoms with Crippen molar-refractivity contribution in [3.63, 3.8) is 0 Å². The van der Waals surface area contributed by atoms with Crippen molar-refractivity contribution in [3.8, 4) is 17.2 Å². The maximum Gasteiger partial charge on any atom is 0.236 e. The lowest BCUT2D eigenvalue weighted by atomic mass is 10.1. The molecule has 7 nitrogen and oxygen atoms in total. The van der Waals surface area contributed by atoms with E-state index >= 15 is 0 Å². The Morgan fingerprint density at radius 2 is 1.54 bits per heavy atom. The van der Waals surface area contributed by atoms with E-state index in [2.05, 4.69) is 9.88 Å². The van der Waals surface area contributed by atoms with E-state index in [4.69, 9.17) is 9.15 Å². The predicted octanol–water partition coefficient (Wildman–Crippen LogP) is 4.82. The van der Waals surface area contributed by atoms with Crippen LogP contribution >= 0.6 is 0 Å². The van der Waals surface area contributed by atoms with Crippen LogP contribution in [-0.4, -0.2) is 46.7 Å². The average molecular weight is 490 g/mol. The lowest BCUT2D eigenvalue weighted by molar-refractivity contribution is 0.415. The Balaban J connectivity index is 1.48. The number of benzene rings is 3. The van der Waals surface area contributed by atoms with Gasteiger partial charge in [0.05, 0.1) is 12.0 Å². The molecule has 35 heavy (non-hydrogen) atoms. The molecular weight excluding hydrogens is 462 g/mol. The van der Waals surface area contributed by atoms with E-state index in [0.29, 0.717) is 24.9 Å². The first-order valence-electron chi connectivity index (χ1n) is 11.5. The van der Waals surface area contributed by atoms with E-state index in [1.54, 1.807) is 37.4 Å². The van der Waals surface area contributed by atoms with Gasteiger partial charge in [-0.2, -0.15) is 4.98 Å². The highest BCUT2D eigenvalue weighted by atomic mass is 32.2. The molecular formula is C27H27N3O4S. The van der Waals surface area contributed by atoms with E-state index in [1.165, 1.54) is 0 Å². The predicted molar refractivity (Wildman–Crippen MR) is 136 cm³/mol. The minimum absolute atomic E-state index is 0.0434. The van der Waals surface area contributed by atoms with Crippen LogP contribution in [0.5, 0.6) is 5.75 Å². The molecule has 0 N–H and O–H groups in total. The third-order valence-electron chi connectivity index (χ3n) is 6.16. The molecule has 5 rings (SSSR count). The molecule has 8 heteroatoms. The maximum absolute atomic E-state index is 13.6. The number of hydrogen-bond acceptors (Lipinski definition) is 7. The molecule has 2 heterocycles. The van der Waals surface area contributed by atoms with Gasteiger partial charge in [0.15, 0.2) is 0 Å². The number of methoxy groups -OCH3 is 1. The second-order valence-corrected chi connectivity index (χ2v) is 10.4. The fourth-order valence-electron chi connectivity index (χ4n) is 4.25. The Labute approximate surface area is 205 Å². The van der Waals surface area contributed by atoms with Crippen LogP contribution in [0.1, 0.15) is 5.56 Å². The molecule has 180 valence electrons. The van der Waals surface area contributed by atoms with Crippen molar-refractivity contribution in [1.82, 2.24) is 4.98 Å². The number of ether oxygens (including phenoxy) is 1. The van der Waals surface area contributed by atoms with Crippen molar-refractivity contribution in [2.75, 3.05) is 43.1 Å². The number of rotatable bonds is 6. The third-order valence-corrected chi connectivity index (χ3v) is 7.82. The van der Waals surface area contributed by atoms with Crippen LogP contribution in [0.15, 0.2) is 93.2 Å². The summed E-state index contributed by atoms with van der Waals surface area (Å²) in [7, 11) is -2.21. The van der Waals surface area contributed by atoms with Crippen molar-refractivity contribution in [1.29, 1.82) is 0 Å². The van der Waals surface area contributed by atoms with Crippen LogP contribution in [0.2, 0.25) is 0 Å². The molecule has 1 saturated heterocycles. The van der Waals surface area contributed by atoms with Crippen LogP contribution in [0.25, 0.3) is 11.5 Å². The number of piperazine rings is 1. The van der Waals surface area contributed by atoms with E-state index in [1.807, 2.05) is 60.4 Å². The molecule has 3 aromatic carbocycles. The third kappa shape index (κ3) is 4.61. The lowest BCUT2D eigenvalue weighted by Crippen LogP contribution is -2.46. The molecule has 0 saturated carbocycles. The van der Waals surface area contributed by atoms with Gasteiger partial charge in [-0.25, -0.2) is 8.42 Å². The molecule has 0 bridgehead atoms. The number of nitrogens with zero attached hydrogens (tertiary/aromatic N) is 3. The number of hydrogen-bond donors (Lipinski definition) is 0. The molecule has 4 aromatic rings. The van der Waals surface area contributed by atoms with Crippen LogP contribution in [0.4, 0.5) is 11.6 Å². The Morgan fingerprint density at radius 3 is 2.20 bits per heavy atom. The fraction of sp³-hybridized carbons (Fsp3) is 0.222. The van der Waals surface area contributed by atoms with Gasteiger partial charge in [-0.1, -0.05) is 35.9 Å². The van der Waals surface area contributed by atoms with E-state index in [-0.39, 0.29) is 9.92 Å². The number of oxazole rings is 1. The molecule has 0 radical (unpaired) electrons. The van der Waals surface area contributed by atoms with Gasteiger partial charge >= 0.3 is 0 Å². The Morgan fingerprint density at radius 1 is 0.857 bits per heavy atom. The minimum atomic E-state index is -3.86. The first kappa shape index (κ1) is 23.0. The maximum atomic E-state index is 13.6. The summed E-state index contributed by atoms with van der Waals surface area (Å²) in [4.78, 5) is 8.95. The Hall–Kier alpha value is -3.78. The molecule has 0 aliphatic carbocycles. The van der Waals surface area contributed by atoms with Gasteiger partial charge < -0.3 is 19.0 Å². The Kier molecular flexibility index (Phi) is 6.21. The average Bonchev–Trinajstić information content (AvgIpc) is 3.36. The summed E-state index contributed by atoms with van der Waals surface area (Å²) in [5, 5.41) is -0.0434. The number of aryl methyl sites for hydroxylation is 1. The molecule has 0 amide bonds. The first-order valence-corrected chi connectivity index (χ1v) is 13.0. The summed E-state index contributed by atoms with van der Waals surface area (Å²) < 4.78 is 38.6. The largest absolute Gasteiger partial charge is 0.497 e. The number of sulfone groups is 1. The van der Waals surface area contributed by atoms with Crippen LogP contribution in [0.3, 0.4) is 0 Å². The zero-order chi connectivity index (χ0) is 24.4. The van der Waals surface area contributed by atoms with Crippen molar-refractivity contribution >= 4 is 21.4 Å². The van der Waals surface area contributed by atoms with Crippen LogP contribution < -0.4 is 14.5 Å². The minimum Gasteiger partial charge on any atom is -0.497 e. The zero-order valence-corrected chi connectivity index (χ0v) is 20.5. The van der Waals surface area contributed by atoms with Crippen molar-refractivity contribution in [2.45, 2.75) is 16.8 Å². The normalized spacial score (nSPS) is 14.2. The molecule has 1 aromatic heterocycles. The smallest absolute Gasteiger partial charge is 0.236 e.